The summed E-state index contributed by atoms with van der Waals surface area (Å²) < 4.78 is 10.6. The third-order valence-electron chi connectivity index (χ3n) is 4.65. The summed E-state index contributed by atoms with van der Waals surface area (Å²) in [6.07, 6.45) is 0.719. The van der Waals surface area contributed by atoms with Crippen molar-refractivity contribution in [3.63, 3.8) is 0 Å². The SMILES string of the molecule is O=C(Nc1ccccc1C(=O)NCCc1ccccc1)c1cc(Cl)c2c(c1)OCO2. The lowest BCUT2D eigenvalue weighted by molar-refractivity contribution is 0.0955. The Morgan fingerprint density at radius 3 is 2.53 bits per heavy atom. The smallest absolute Gasteiger partial charge is 0.255 e. The lowest BCUT2D eigenvalue weighted by Gasteiger charge is -2.12. The molecule has 0 aromatic heterocycles. The second-order valence-electron chi connectivity index (χ2n) is 6.68. The number of halogens is 1. The third-order valence-corrected chi connectivity index (χ3v) is 4.93. The van der Waals surface area contributed by atoms with Crippen LogP contribution >= 0.6 is 11.6 Å². The van der Waals surface area contributed by atoms with Crippen molar-refractivity contribution in [3.8, 4) is 11.5 Å². The Morgan fingerprint density at radius 2 is 1.70 bits per heavy atom. The highest BCUT2D eigenvalue weighted by atomic mass is 35.5. The maximum absolute atomic E-state index is 12.7. The lowest BCUT2D eigenvalue weighted by Crippen LogP contribution is -2.27. The minimum atomic E-state index is -0.403. The summed E-state index contributed by atoms with van der Waals surface area (Å²) in [7, 11) is 0. The van der Waals surface area contributed by atoms with Gasteiger partial charge in [0.15, 0.2) is 11.5 Å². The first-order chi connectivity index (χ1) is 14.6. The zero-order chi connectivity index (χ0) is 20.9. The zero-order valence-corrected chi connectivity index (χ0v) is 16.7. The van der Waals surface area contributed by atoms with E-state index < -0.39 is 5.91 Å². The van der Waals surface area contributed by atoms with Crippen molar-refractivity contribution in [1.29, 1.82) is 0 Å². The van der Waals surface area contributed by atoms with E-state index in [2.05, 4.69) is 10.6 Å². The van der Waals surface area contributed by atoms with Gasteiger partial charge in [0, 0.05) is 12.1 Å². The van der Waals surface area contributed by atoms with E-state index in [1.807, 2.05) is 30.3 Å². The largest absolute Gasteiger partial charge is 0.454 e. The van der Waals surface area contributed by atoms with Crippen LogP contribution in [0.2, 0.25) is 5.02 Å². The number of anilines is 1. The highest BCUT2D eigenvalue weighted by molar-refractivity contribution is 6.33. The summed E-state index contributed by atoms with van der Waals surface area (Å²) >= 11 is 6.16. The van der Waals surface area contributed by atoms with E-state index in [1.54, 1.807) is 30.3 Å². The van der Waals surface area contributed by atoms with Crippen LogP contribution in [0.3, 0.4) is 0 Å². The number of rotatable bonds is 6. The van der Waals surface area contributed by atoms with Gasteiger partial charge in [0.05, 0.1) is 16.3 Å². The minimum absolute atomic E-state index is 0.0616. The Hall–Kier alpha value is -3.51. The summed E-state index contributed by atoms with van der Waals surface area (Å²) in [4.78, 5) is 25.4. The van der Waals surface area contributed by atoms with Crippen LogP contribution < -0.4 is 20.1 Å². The molecule has 3 aromatic rings. The zero-order valence-electron chi connectivity index (χ0n) is 16.0. The molecule has 30 heavy (non-hydrogen) atoms. The number of fused-ring (bicyclic) bond motifs is 1. The molecule has 6 nitrogen and oxygen atoms in total. The molecule has 0 unspecified atom stereocenters. The number of carbonyl (C=O) groups excluding carboxylic acids is 2. The van der Waals surface area contributed by atoms with Crippen molar-refractivity contribution in [3.05, 3.63) is 88.4 Å². The maximum Gasteiger partial charge on any atom is 0.255 e. The van der Waals surface area contributed by atoms with Crippen LogP contribution in [-0.2, 0) is 6.42 Å². The van der Waals surface area contributed by atoms with Gasteiger partial charge >= 0.3 is 0 Å². The maximum atomic E-state index is 12.7. The molecule has 1 aliphatic rings. The fourth-order valence-electron chi connectivity index (χ4n) is 3.14. The van der Waals surface area contributed by atoms with Crippen LogP contribution in [0.5, 0.6) is 11.5 Å². The van der Waals surface area contributed by atoms with Crippen molar-refractivity contribution in [2.75, 3.05) is 18.7 Å². The molecule has 2 amide bonds. The van der Waals surface area contributed by atoms with E-state index >= 15 is 0 Å². The normalized spacial score (nSPS) is 11.8. The van der Waals surface area contributed by atoms with Crippen LogP contribution in [0.15, 0.2) is 66.7 Å². The number of ether oxygens (including phenoxy) is 2. The monoisotopic (exact) mass is 422 g/mol. The van der Waals surface area contributed by atoms with E-state index in [1.165, 1.54) is 6.07 Å². The summed E-state index contributed by atoms with van der Waals surface area (Å²) in [5.74, 6) is 0.177. The summed E-state index contributed by atoms with van der Waals surface area (Å²) in [6.45, 7) is 0.551. The van der Waals surface area contributed by atoms with Gasteiger partial charge in [0.25, 0.3) is 11.8 Å². The Morgan fingerprint density at radius 1 is 0.933 bits per heavy atom. The average molecular weight is 423 g/mol. The van der Waals surface area contributed by atoms with Crippen molar-refractivity contribution in [2.24, 2.45) is 0 Å². The number of para-hydroxylation sites is 1. The lowest BCUT2D eigenvalue weighted by atomic mass is 10.1. The Balaban J connectivity index is 1.44. The van der Waals surface area contributed by atoms with Gasteiger partial charge in [-0.2, -0.15) is 0 Å². The highest BCUT2D eigenvalue weighted by Gasteiger charge is 2.21. The molecule has 0 saturated heterocycles. The molecule has 0 fully saturated rings. The molecule has 0 radical (unpaired) electrons. The van der Waals surface area contributed by atoms with Gasteiger partial charge in [-0.1, -0.05) is 54.1 Å². The molecule has 1 heterocycles. The van der Waals surface area contributed by atoms with Gasteiger partial charge in [0.1, 0.15) is 0 Å². The molecular formula is C23H19ClN2O4. The fraction of sp³-hybridized carbons (Fsp3) is 0.130. The molecule has 152 valence electrons. The quantitative estimate of drug-likeness (QED) is 0.621. The van der Waals surface area contributed by atoms with Gasteiger partial charge in [0.2, 0.25) is 6.79 Å². The molecule has 0 aliphatic carbocycles. The van der Waals surface area contributed by atoms with E-state index in [4.69, 9.17) is 21.1 Å². The minimum Gasteiger partial charge on any atom is -0.454 e. The van der Waals surface area contributed by atoms with Crippen molar-refractivity contribution >= 4 is 29.1 Å². The first kappa shape index (κ1) is 19.8. The second-order valence-corrected chi connectivity index (χ2v) is 7.09. The van der Waals surface area contributed by atoms with Crippen molar-refractivity contribution in [2.45, 2.75) is 6.42 Å². The van der Waals surface area contributed by atoms with E-state index in [-0.39, 0.29) is 12.7 Å². The standard InChI is InChI=1S/C23H19ClN2O4/c24-18-12-16(13-20-21(18)30-14-29-20)22(27)26-19-9-5-4-8-17(19)23(28)25-11-10-15-6-2-1-3-7-15/h1-9,12-13H,10-11,14H2,(H,25,28)(H,26,27). The number of amides is 2. The second kappa shape index (κ2) is 8.88. The molecule has 1 aliphatic heterocycles. The number of hydrogen-bond donors (Lipinski definition) is 2. The Labute approximate surface area is 178 Å². The van der Waals surface area contributed by atoms with Crippen LogP contribution in [0, 0.1) is 0 Å². The van der Waals surface area contributed by atoms with Crippen LogP contribution in [0.4, 0.5) is 5.69 Å². The van der Waals surface area contributed by atoms with Gasteiger partial charge in [-0.05, 0) is 36.2 Å². The molecule has 0 spiro atoms. The number of carbonyl (C=O) groups is 2. The van der Waals surface area contributed by atoms with Crippen molar-refractivity contribution in [1.82, 2.24) is 5.32 Å². The van der Waals surface area contributed by atoms with E-state index in [9.17, 15) is 9.59 Å². The summed E-state index contributed by atoms with van der Waals surface area (Å²) in [5.41, 5.74) is 2.24. The van der Waals surface area contributed by atoms with Gasteiger partial charge < -0.3 is 20.1 Å². The highest BCUT2D eigenvalue weighted by Crippen LogP contribution is 2.39. The first-order valence-corrected chi connectivity index (χ1v) is 9.81. The summed E-state index contributed by atoms with van der Waals surface area (Å²) in [5, 5.41) is 5.97. The van der Waals surface area contributed by atoms with Crippen molar-refractivity contribution < 1.29 is 19.1 Å². The number of nitrogens with one attached hydrogen (secondary N) is 2. The van der Waals surface area contributed by atoms with Gasteiger partial charge in [-0.25, -0.2) is 0 Å². The molecule has 2 N–H and O–H groups in total. The van der Waals surface area contributed by atoms with Crippen LogP contribution in [0.1, 0.15) is 26.3 Å². The predicted molar refractivity (Wildman–Crippen MR) is 114 cm³/mol. The van der Waals surface area contributed by atoms with E-state index in [0.717, 1.165) is 12.0 Å². The average Bonchev–Trinajstić information content (AvgIpc) is 3.24. The number of hydrogen-bond acceptors (Lipinski definition) is 4. The molecule has 0 atom stereocenters. The predicted octanol–water partition coefficient (Wildman–Crippen LogP) is 4.29. The number of benzene rings is 3. The summed E-state index contributed by atoms with van der Waals surface area (Å²) in [6, 6.07) is 19.8. The van der Waals surface area contributed by atoms with E-state index in [0.29, 0.717) is 39.9 Å². The van der Waals surface area contributed by atoms with Crippen LogP contribution in [0.25, 0.3) is 0 Å². The fourth-order valence-corrected chi connectivity index (χ4v) is 3.41. The topological polar surface area (TPSA) is 76.7 Å². The molecular weight excluding hydrogens is 404 g/mol. The van der Waals surface area contributed by atoms with Gasteiger partial charge in [-0.3, -0.25) is 9.59 Å². The first-order valence-electron chi connectivity index (χ1n) is 9.43. The molecule has 3 aromatic carbocycles. The molecule has 7 heteroatoms. The molecule has 0 bridgehead atoms. The third kappa shape index (κ3) is 4.39. The molecule has 0 saturated carbocycles. The molecule has 4 rings (SSSR count). The Bertz CT molecular complexity index is 1090. The Kier molecular flexibility index (Phi) is 5.86. The van der Waals surface area contributed by atoms with Gasteiger partial charge in [-0.15, -0.1) is 0 Å². The van der Waals surface area contributed by atoms with Crippen LogP contribution in [-0.4, -0.2) is 25.2 Å².